The highest BCUT2D eigenvalue weighted by atomic mass is 32.1. The molecular weight excluding hydrogens is 204 g/mol. The Labute approximate surface area is 96.9 Å². The maximum atomic E-state index is 5.70. The van der Waals surface area contributed by atoms with Crippen LogP contribution in [0.3, 0.4) is 0 Å². The van der Waals surface area contributed by atoms with E-state index in [1.807, 2.05) is 11.3 Å². The zero-order chi connectivity index (χ0) is 11.3. The molecule has 0 amide bonds. The lowest BCUT2D eigenvalue weighted by atomic mass is 9.91. The zero-order valence-electron chi connectivity index (χ0n) is 9.92. The molecule has 2 nitrogen and oxygen atoms in total. The molecule has 0 aromatic carbocycles. The summed E-state index contributed by atoms with van der Waals surface area (Å²) in [6.45, 7) is 6.67. The first-order chi connectivity index (χ1) is 7.28. The third-order valence-electron chi connectivity index (χ3n) is 3.14. The molecule has 0 radical (unpaired) electrons. The molecular formula is C12H22N2S. The molecule has 0 saturated carbocycles. The maximum absolute atomic E-state index is 5.70. The van der Waals surface area contributed by atoms with Gasteiger partial charge in [0.1, 0.15) is 0 Å². The van der Waals surface area contributed by atoms with Crippen molar-refractivity contribution in [2.75, 3.05) is 0 Å². The minimum atomic E-state index is 0.329. The normalized spacial score (nSPS) is 13.4. The second-order valence-electron chi connectivity index (χ2n) is 3.88. The summed E-state index contributed by atoms with van der Waals surface area (Å²) in [5, 5.41) is 2.17. The summed E-state index contributed by atoms with van der Waals surface area (Å²) < 4.78 is 0. The van der Waals surface area contributed by atoms with Gasteiger partial charge in [-0.05, 0) is 29.3 Å². The van der Waals surface area contributed by atoms with Crippen molar-refractivity contribution in [2.45, 2.75) is 46.1 Å². The van der Waals surface area contributed by atoms with Gasteiger partial charge in [0.15, 0.2) is 0 Å². The highest BCUT2D eigenvalue weighted by Crippen LogP contribution is 2.32. The minimum Gasteiger partial charge on any atom is -0.271 e. The SMILES string of the molecule is CCc1ccsc1C(NN)C(CC)CC. The average molecular weight is 226 g/mol. The second kappa shape index (κ2) is 6.26. The van der Waals surface area contributed by atoms with E-state index in [-0.39, 0.29) is 0 Å². The van der Waals surface area contributed by atoms with Crippen LogP contribution in [0.5, 0.6) is 0 Å². The van der Waals surface area contributed by atoms with Crippen molar-refractivity contribution in [1.82, 2.24) is 5.43 Å². The fourth-order valence-electron chi connectivity index (χ4n) is 2.10. The Hall–Kier alpha value is -0.380. The highest BCUT2D eigenvalue weighted by molar-refractivity contribution is 7.10. The van der Waals surface area contributed by atoms with Gasteiger partial charge >= 0.3 is 0 Å². The molecule has 0 saturated heterocycles. The summed E-state index contributed by atoms with van der Waals surface area (Å²) in [7, 11) is 0. The monoisotopic (exact) mass is 226 g/mol. The number of aryl methyl sites for hydroxylation is 1. The van der Waals surface area contributed by atoms with Crippen LogP contribution < -0.4 is 11.3 Å². The Morgan fingerprint density at radius 2 is 2.00 bits per heavy atom. The van der Waals surface area contributed by atoms with Gasteiger partial charge in [-0.15, -0.1) is 11.3 Å². The number of thiophene rings is 1. The number of nitrogens with two attached hydrogens (primary N) is 1. The van der Waals surface area contributed by atoms with Gasteiger partial charge in [0, 0.05) is 4.88 Å². The van der Waals surface area contributed by atoms with Crippen molar-refractivity contribution in [3.63, 3.8) is 0 Å². The summed E-state index contributed by atoms with van der Waals surface area (Å²) in [6.07, 6.45) is 3.44. The van der Waals surface area contributed by atoms with Crippen molar-refractivity contribution in [2.24, 2.45) is 11.8 Å². The van der Waals surface area contributed by atoms with Crippen LogP contribution in [0.1, 0.15) is 50.1 Å². The van der Waals surface area contributed by atoms with E-state index in [9.17, 15) is 0 Å². The fourth-order valence-corrected chi connectivity index (χ4v) is 3.25. The predicted molar refractivity (Wildman–Crippen MR) is 67.8 cm³/mol. The first kappa shape index (κ1) is 12.7. The first-order valence-electron chi connectivity index (χ1n) is 5.80. The topological polar surface area (TPSA) is 38.0 Å². The zero-order valence-corrected chi connectivity index (χ0v) is 10.7. The Morgan fingerprint density at radius 3 is 2.47 bits per heavy atom. The minimum absolute atomic E-state index is 0.329. The molecule has 0 spiro atoms. The molecule has 3 heteroatoms. The smallest absolute Gasteiger partial charge is 0.0583 e. The first-order valence-corrected chi connectivity index (χ1v) is 6.68. The van der Waals surface area contributed by atoms with Gasteiger partial charge in [0.25, 0.3) is 0 Å². The molecule has 0 aliphatic rings. The molecule has 0 aliphatic carbocycles. The Morgan fingerprint density at radius 1 is 1.33 bits per heavy atom. The van der Waals surface area contributed by atoms with Crippen LogP contribution >= 0.6 is 11.3 Å². The average Bonchev–Trinajstić information content (AvgIpc) is 2.73. The summed E-state index contributed by atoms with van der Waals surface area (Å²) >= 11 is 1.82. The highest BCUT2D eigenvalue weighted by Gasteiger charge is 2.22. The predicted octanol–water partition coefficient (Wildman–Crippen LogP) is 3.25. The van der Waals surface area contributed by atoms with Crippen LogP contribution in [0.4, 0.5) is 0 Å². The van der Waals surface area contributed by atoms with Crippen LogP contribution in [-0.2, 0) is 6.42 Å². The maximum Gasteiger partial charge on any atom is 0.0583 e. The number of hydrazine groups is 1. The van der Waals surface area contributed by atoms with Gasteiger partial charge in [-0.2, -0.15) is 0 Å². The third-order valence-corrected chi connectivity index (χ3v) is 4.19. The van der Waals surface area contributed by atoms with Gasteiger partial charge < -0.3 is 0 Å². The van der Waals surface area contributed by atoms with E-state index in [1.54, 1.807) is 0 Å². The van der Waals surface area contributed by atoms with Gasteiger partial charge in [-0.3, -0.25) is 11.3 Å². The number of hydrogen-bond donors (Lipinski definition) is 2. The molecule has 1 rings (SSSR count). The van der Waals surface area contributed by atoms with E-state index in [0.717, 1.165) is 6.42 Å². The van der Waals surface area contributed by atoms with Crippen LogP contribution in [0.2, 0.25) is 0 Å². The van der Waals surface area contributed by atoms with E-state index < -0.39 is 0 Å². The number of nitrogens with one attached hydrogen (secondary N) is 1. The largest absolute Gasteiger partial charge is 0.271 e. The Kier molecular flexibility index (Phi) is 5.29. The van der Waals surface area contributed by atoms with E-state index in [4.69, 9.17) is 5.84 Å². The number of hydrogen-bond acceptors (Lipinski definition) is 3. The van der Waals surface area contributed by atoms with Crippen molar-refractivity contribution in [3.8, 4) is 0 Å². The Bertz CT molecular complexity index is 279. The molecule has 0 fully saturated rings. The standard InChI is InChI=1S/C12H22N2S/c1-4-9(5-2)11(14-13)12-10(6-3)7-8-15-12/h7-9,11,14H,4-6,13H2,1-3H3. The molecule has 1 atom stereocenters. The van der Waals surface area contributed by atoms with E-state index in [1.165, 1.54) is 23.3 Å². The molecule has 15 heavy (non-hydrogen) atoms. The number of rotatable bonds is 6. The summed E-state index contributed by atoms with van der Waals surface area (Å²) in [4.78, 5) is 1.42. The van der Waals surface area contributed by atoms with E-state index >= 15 is 0 Å². The van der Waals surface area contributed by atoms with Crippen molar-refractivity contribution < 1.29 is 0 Å². The van der Waals surface area contributed by atoms with E-state index in [0.29, 0.717) is 12.0 Å². The Balaban J connectivity index is 2.90. The van der Waals surface area contributed by atoms with Crippen LogP contribution in [0, 0.1) is 5.92 Å². The molecule has 1 heterocycles. The molecule has 1 aromatic heterocycles. The fraction of sp³-hybridized carbons (Fsp3) is 0.667. The van der Waals surface area contributed by atoms with Crippen LogP contribution in [-0.4, -0.2) is 0 Å². The summed E-state index contributed by atoms with van der Waals surface area (Å²) in [6, 6.07) is 2.54. The lowest BCUT2D eigenvalue weighted by Crippen LogP contribution is -2.33. The lowest BCUT2D eigenvalue weighted by molar-refractivity contribution is 0.348. The van der Waals surface area contributed by atoms with Gasteiger partial charge in [-0.25, -0.2) is 0 Å². The van der Waals surface area contributed by atoms with Gasteiger partial charge in [0.05, 0.1) is 6.04 Å². The van der Waals surface area contributed by atoms with Crippen LogP contribution in [0.15, 0.2) is 11.4 Å². The molecule has 1 unspecified atom stereocenters. The molecule has 86 valence electrons. The third kappa shape index (κ3) is 2.80. The van der Waals surface area contributed by atoms with Crippen molar-refractivity contribution >= 4 is 11.3 Å². The van der Waals surface area contributed by atoms with E-state index in [2.05, 4.69) is 37.6 Å². The molecule has 0 bridgehead atoms. The van der Waals surface area contributed by atoms with Gasteiger partial charge in [-0.1, -0.05) is 33.6 Å². The quantitative estimate of drug-likeness (QED) is 0.577. The second-order valence-corrected chi connectivity index (χ2v) is 4.83. The van der Waals surface area contributed by atoms with Crippen LogP contribution in [0.25, 0.3) is 0 Å². The molecule has 0 aliphatic heterocycles. The van der Waals surface area contributed by atoms with Gasteiger partial charge in [0.2, 0.25) is 0 Å². The summed E-state index contributed by atoms with van der Waals surface area (Å²) in [5.41, 5.74) is 4.43. The van der Waals surface area contributed by atoms with Crippen molar-refractivity contribution in [3.05, 3.63) is 21.9 Å². The summed E-state index contributed by atoms with van der Waals surface area (Å²) in [5.74, 6) is 6.33. The van der Waals surface area contributed by atoms with Crippen molar-refractivity contribution in [1.29, 1.82) is 0 Å². The molecule has 1 aromatic rings. The molecule has 3 N–H and O–H groups in total. The lowest BCUT2D eigenvalue weighted by Gasteiger charge is -2.24.